The van der Waals surface area contributed by atoms with Crippen LogP contribution in [0.15, 0.2) is 29.1 Å². The van der Waals surface area contributed by atoms with Crippen molar-refractivity contribution in [1.82, 2.24) is 14.9 Å². The zero-order chi connectivity index (χ0) is 17.1. The fourth-order valence-corrected chi connectivity index (χ4v) is 3.13. The van der Waals surface area contributed by atoms with Crippen molar-refractivity contribution in [3.8, 4) is 0 Å². The fraction of sp³-hybridized carbons (Fsp3) is 0.412. The second-order valence-corrected chi connectivity index (χ2v) is 5.97. The third-order valence-electron chi connectivity index (χ3n) is 4.32. The van der Waals surface area contributed by atoms with Crippen LogP contribution in [-0.4, -0.2) is 44.4 Å². The Bertz CT molecular complexity index is 830. The number of aromatic nitrogens is 2. The lowest BCUT2D eigenvalue weighted by molar-refractivity contribution is -0.148. The Balaban J connectivity index is 1.61. The number of carbonyl (C=O) groups is 2. The Morgan fingerprint density at radius 3 is 2.92 bits per heavy atom. The number of fused-ring (bicyclic) bond motifs is 1. The SMILES string of the molecule is O=C(O)[C@H]1CCCN1C(=O)CCCc1nc2ccccc2c(=O)[nH]1. The zero-order valence-electron chi connectivity index (χ0n) is 13.2. The van der Waals surface area contributed by atoms with Crippen molar-refractivity contribution in [1.29, 1.82) is 0 Å². The molecule has 1 aromatic carbocycles. The normalized spacial score (nSPS) is 17.3. The summed E-state index contributed by atoms with van der Waals surface area (Å²) in [5, 5.41) is 9.66. The number of aliphatic carboxylic acids is 1. The van der Waals surface area contributed by atoms with Crippen LogP contribution in [0.25, 0.3) is 10.9 Å². The van der Waals surface area contributed by atoms with Crippen LogP contribution >= 0.6 is 0 Å². The first-order valence-corrected chi connectivity index (χ1v) is 8.06. The Labute approximate surface area is 138 Å². The molecule has 2 heterocycles. The predicted molar refractivity (Wildman–Crippen MR) is 87.7 cm³/mol. The van der Waals surface area contributed by atoms with Crippen LogP contribution in [0.2, 0.25) is 0 Å². The number of carboxylic acid groups (broad SMARTS) is 1. The van der Waals surface area contributed by atoms with Gasteiger partial charge in [-0.15, -0.1) is 0 Å². The summed E-state index contributed by atoms with van der Waals surface area (Å²) in [5.41, 5.74) is 0.445. The van der Waals surface area contributed by atoms with Crippen molar-refractivity contribution in [2.45, 2.75) is 38.1 Å². The maximum atomic E-state index is 12.2. The fourth-order valence-electron chi connectivity index (χ4n) is 3.13. The molecule has 1 aliphatic rings. The number of hydrogen-bond acceptors (Lipinski definition) is 4. The number of aryl methyl sites for hydroxylation is 1. The molecule has 3 rings (SSSR count). The average Bonchev–Trinajstić information content (AvgIpc) is 3.05. The van der Waals surface area contributed by atoms with Gasteiger partial charge in [0.15, 0.2) is 0 Å². The van der Waals surface area contributed by atoms with E-state index in [-0.39, 0.29) is 17.9 Å². The number of benzene rings is 1. The van der Waals surface area contributed by atoms with Gasteiger partial charge in [0.1, 0.15) is 11.9 Å². The topological polar surface area (TPSA) is 103 Å². The van der Waals surface area contributed by atoms with Gasteiger partial charge >= 0.3 is 5.97 Å². The van der Waals surface area contributed by atoms with Crippen molar-refractivity contribution in [2.75, 3.05) is 6.54 Å². The molecule has 1 saturated heterocycles. The molecule has 1 amide bonds. The van der Waals surface area contributed by atoms with E-state index in [2.05, 4.69) is 9.97 Å². The van der Waals surface area contributed by atoms with Gasteiger partial charge in [-0.25, -0.2) is 9.78 Å². The molecular weight excluding hydrogens is 310 g/mol. The van der Waals surface area contributed by atoms with Crippen LogP contribution < -0.4 is 5.56 Å². The Morgan fingerprint density at radius 2 is 2.12 bits per heavy atom. The van der Waals surface area contributed by atoms with Crippen molar-refractivity contribution < 1.29 is 14.7 Å². The van der Waals surface area contributed by atoms with Crippen LogP contribution in [-0.2, 0) is 16.0 Å². The third kappa shape index (κ3) is 3.29. The van der Waals surface area contributed by atoms with Crippen LogP contribution in [0.1, 0.15) is 31.5 Å². The van der Waals surface area contributed by atoms with Crippen molar-refractivity contribution >= 4 is 22.8 Å². The maximum Gasteiger partial charge on any atom is 0.326 e. The first-order valence-electron chi connectivity index (χ1n) is 8.06. The summed E-state index contributed by atoms with van der Waals surface area (Å²) < 4.78 is 0. The number of rotatable bonds is 5. The Hall–Kier alpha value is -2.70. The lowest BCUT2D eigenvalue weighted by atomic mass is 10.1. The maximum absolute atomic E-state index is 12.2. The van der Waals surface area contributed by atoms with Gasteiger partial charge in [0.05, 0.1) is 10.9 Å². The summed E-state index contributed by atoms with van der Waals surface area (Å²) in [5.74, 6) is -0.549. The van der Waals surface area contributed by atoms with E-state index < -0.39 is 12.0 Å². The van der Waals surface area contributed by atoms with Gasteiger partial charge in [0, 0.05) is 19.4 Å². The molecule has 2 N–H and O–H groups in total. The molecule has 7 heteroatoms. The van der Waals surface area contributed by atoms with Crippen molar-refractivity contribution in [2.24, 2.45) is 0 Å². The molecule has 0 aliphatic carbocycles. The molecule has 0 spiro atoms. The number of hydrogen-bond donors (Lipinski definition) is 2. The average molecular weight is 329 g/mol. The van der Waals surface area contributed by atoms with E-state index in [0.717, 1.165) is 6.42 Å². The highest BCUT2D eigenvalue weighted by Crippen LogP contribution is 2.19. The number of H-pyrrole nitrogens is 1. The van der Waals surface area contributed by atoms with E-state index in [9.17, 15) is 14.4 Å². The highest BCUT2D eigenvalue weighted by Gasteiger charge is 2.33. The second kappa shape index (κ2) is 6.82. The van der Waals surface area contributed by atoms with E-state index in [0.29, 0.717) is 42.5 Å². The summed E-state index contributed by atoms with van der Waals surface area (Å²) >= 11 is 0. The minimum absolute atomic E-state index is 0.150. The molecule has 0 bridgehead atoms. The number of carbonyl (C=O) groups excluding carboxylic acids is 1. The molecule has 1 fully saturated rings. The van der Waals surface area contributed by atoms with E-state index in [4.69, 9.17) is 5.11 Å². The number of likely N-dealkylation sites (tertiary alicyclic amines) is 1. The molecule has 2 aromatic rings. The van der Waals surface area contributed by atoms with Crippen LogP contribution in [0.3, 0.4) is 0 Å². The molecule has 0 unspecified atom stereocenters. The van der Waals surface area contributed by atoms with Gasteiger partial charge in [-0.1, -0.05) is 12.1 Å². The van der Waals surface area contributed by atoms with Gasteiger partial charge < -0.3 is 15.0 Å². The predicted octanol–water partition coefficient (Wildman–Crippen LogP) is 1.32. The first kappa shape index (κ1) is 16.2. The minimum atomic E-state index is -0.943. The molecule has 1 atom stereocenters. The van der Waals surface area contributed by atoms with Crippen LogP contribution in [0.5, 0.6) is 0 Å². The van der Waals surface area contributed by atoms with Gasteiger partial charge in [-0.05, 0) is 31.4 Å². The summed E-state index contributed by atoms with van der Waals surface area (Å²) in [4.78, 5) is 43.9. The molecule has 1 aromatic heterocycles. The number of nitrogens with zero attached hydrogens (tertiary/aromatic N) is 2. The van der Waals surface area contributed by atoms with E-state index >= 15 is 0 Å². The van der Waals surface area contributed by atoms with Crippen LogP contribution in [0.4, 0.5) is 0 Å². The largest absolute Gasteiger partial charge is 0.480 e. The van der Waals surface area contributed by atoms with E-state index in [1.165, 1.54) is 4.90 Å². The smallest absolute Gasteiger partial charge is 0.326 e. The second-order valence-electron chi connectivity index (χ2n) is 5.97. The van der Waals surface area contributed by atoms with Gasteiger partial charge in [-0.3, -0.25) is 9.59 Å². The molecule has 7 nitrogen and oxygen atoms in total. The molecule has 1 aliphatic heterocycles. The number of aromatic amines is 1. The van der Waals surface area contributed by atoms with Crippen molar-refractivity contribution in [3.05, 3.63) is 40.4 Å². The molecule has 0 saturated carbocycles. The molecular formula is C17H19N3O4. The van der Waals surface area contributed by atoms with Gasteiger partial charge in [-0.2, -0.15) is 0 Å². The Kier molecular flexibility index (Phi) is 4.59. The standard InChI is InChI=1S/C17H19N3O4/c21-15(20-10-4-7-13(20)17(23)24)9-3-8-14-18-12-6-2-1-5-11(12)16(22)19-14/h1-2,5-6,13H,3-4,7-10H2,(H,23,24)(H,18,19,22)/t13-/m1/s1. The quantitative estimate of drug-likeness (QED) is 0.861. The third-order valence-corrected chi connectivity index (χ3v) is 4.32. The highest BCUT2D eigenvalue weighted by atomic mass is 16.4. The number of para-hydroxylation sites is 1. The van der Waals surface area contributed by atoms with Gasteiger partial charge in [0.2, 0.25) is 5.91 Å². The minimum Gasteiger partial charge on any atom is -0.480 e. The summed E-state index contributed by atoms with van der Waals surface area (Å²) in [6.45, 7) is 0.501. The van der Waals surface area contributed by atoms with E-state index in [1.807, 2.05) is 6.07 Å². The number of amides is 1. The highest BCUT2D eigenvalue weighted by molar-refractivity contribution is 5.84. The Morgan fingerprint density at radius 1 is 1.33 bits per heavy atom. The summed E-state index contributed by atoms with van der Waals surface area (Å²) in [7, 11) is 0. The zero-order valence-corrected chi connectivity index (χ0v) is 13.2. The lowest BCUT2D eigenvalue weighted by Crippen LogP contribution is -2.40. The summed E-state index contributed by atoms with van der Waals surface area (Å²) in [6.07, 6.45) is 2.48. The molecule has 0 radical (unpaired) electrons. The van der Waals surface area contributed by atoms with E-state index in [1.54, 1.807) is 18.2 Å². The van der Waals surface area contributed by atoms with Gasteiger partial charge in [0.25, 0.3) is 5.56 Å². The van der Waals surface area contributed by atoms with Crippen molar-refractivity contribution in [3.63, 3.8) is 0 Å². The summed E-state index contributed by atoms with van der Waals surface area (Å²) in [6, 6.07) is 6.40. The number of carboxylic acids is 1. The number of nitrogens with one attached hydrogen (secondary N) is 1. The lowest BCUT2D eigenvalue weighted by Gasteiger charge is -2.21. The first-order chi connectivity index (χ1) is 11.6. The van der Waals surface area contributed by atoms with Crippen LogP contribution in [0, 0.1) is 0 Å². The monoisotopic (exact) mass is 329 g/mol. The molecule has 126 valence electrons. The molecule has 24 heavy (non-hydrogen) atoms.